The second-order valence-corrected chi connectivity index (χ2v) is 3.12. The van der Waals surface area contributed by atoms with Crippen molar-refractivity contribution in [1.29, 1.82) is 0 Å². The second-order valence-electron chi connectivity index (χ2n) is 3.12. The van der Waals surface area contributed by atoms with E-state index in [1.165, 1.54) is 0 Å². The van der Waals surface area contributed by atoms with Crippen LogP contribution in [0.5, 0.6) is 0 Å². The monoisotopic (exact) mass is 178 g/mol. The van der Waals surface area contributed by atoms with Crippen LogP contribution in [0.15, 0.2) is 0 Å². The van der Waals surface area contributed by atoms with E-state index in [9.17, 15) is 10.2 Å². The molecular weight excluding hydrogens is 160 g/mol. The molecular formula is C8H18O4. The van der Waals surface area contributed by atoms with Gasteiger partial charge in [0.1, 0.15) is 6.10 Å². The topological polar surface area (TPSA) is 80.9 Å². The van der Waals surface area contributed by atoms with Crippen LogP contribution in [0.25, 0.3) is 0 Å². The third kappa shape index (κ3) is 3.06. The third-order valence-corrected chi connectivity index (χ3v) is 2.03. The highest BCUT2D eigenvalue weighted by molar-refractivity contribution is 4.77. The Morgan fingerprint density at radius 3 is 1.92 bits per heavy atom. The number of aliphatic hydroxyl groups is 4. The molecule has 74 valence electrons. The van der Waals surface area contributed by atoms with Gasteiger partial charge in [-0.05, 0) is 6.42 Å². The van der Waals surface area contributed by atoms with Gasteiger partial charge >= 0.3 is 0 Å². The fraction of sp³-hybridized carbons (Fsp3) is 1.00. The molecule has 4 atom stereocenters. The minimum absolute atomic E-state index is 0.200. The molecule has 0 rings (SSSR count). The van der Waals surface area contributed by atoms with Gasteiger partial charge in [-0.3, -0.25) is 0 Å². The minimum Gasteiger partial charge on any atom is -0.396 e. The summed E-state index contributed by atoms with van der Waals surface area (Å²) < 4.78 is 0. The van der Waals surface area contributed by atoms with Crippen molar-refractivity contribution in [2.75, 3.05) is 6.61 Å². The smallest absolute Gasteiger partial charge is 0.106 e. The van der Waals surface area contributed by atoms with Crippen molar-refractivity contribution in [2.45, 2.75) is 38.6 Å². The van der Waals surface area contributed by atoms with Crippen molar-refractivity contribution in [3.8, 4) is 0 Å². The summed E-state index contributed by atoms with van der Waals surface area (Å²) in [5.41, 5.74) is 0. The standard InChI is InChI=1S/C8H18O4/c1-3-6(10)8(12)7(11)5(2)4-9/h5-12H,3-4H2,1-2H3/t5-,6-,7-,8-/m1/s1. The van der Waals surface area contributed by atoms with E-state index in [-0.39, 0.29) is 6.61 Å². The molecule has 4 N–H and O–H groups in total. The van der Waals surface area contributed by atoms with Crippen LogP contribution in [0.4, 0.5) is 0 Å². The van der Waals surface area contributed by atoms with Crippen LogP contribution in [0.1, 0.15) is 20.3 Å². The highest BCUT2D eigenvalue weighted by Crippen LogP contribution is 2.11. The zero-order valence-electron chi connectivity index (χ0n) is 7.51. The van der Waals surface area contributed by atoms with Gasteiger partial charge in [0.2, 0.25) is 0 Å². The van der Waals surface area contributed by atoms with Crippen LogP contribution in [0.3, 0.4) is 0 Å². The van der Waals surface area contributed by atoms with Crippen molar-refractivity contribution in [3.05, 3.63) is 0 Å². The maximum absolute atomic E-state index is 9.32. The summed E-state index contributed by atoms with van der Waals surface area (Å²) in [6.07, 6.45) is -2.77. The summed E-state index contributed by atoms with van der Waals surface area (Å²) in [6, 6.07) is 0. The Morgan fingerprint density at radius 2 is 1.58 bits per heavy atom. The molecule has 0 aromatic rings. The van der Waals surface area contributed by atoms with Crippen LogP contribution in [0.2, 0.25) is 0 Å². The Morgan fingerprint density at radius 1 is 1.08 bits per heavy atom. The van der Waals surface area contributed by atoms with E-state index < -0.39 is 24.2 Å². The van der Waals surface area contributed by atoms with Gasteiger partial charge in [0.15, 0.2) is 0 Å². The highest BCUT2D eigenvalue weighted by atomic mass is 16.4. The molecule has 0 aromatic heterocycles. The van der Waals surface area contributed by atoms with Gasteiger partial charge in [0, 0.05) is 12.5 Å². The Kier molecular flexibility index (Phi) is 5.41. The lowest BCUT2D eigenvalue weighted by Crippen LogP contribution is -2.41. The quantitative estimate of drug-likeness (QED) is 0.440. The van der Waals surface area contributed by atoms with E-state index in [4.69, 9.17) is 10.2 Å². The van der Waals surface area contributed by atoms with Gasteiger partial charge in [-0.1, -0.05) is 13.8 Å². The maximum atomic E-state index is 9.32. The van der Waals surface area contributed by atoms with E-state index in [2.05, 4.69) is 0 Å². The normalized spacial score (nSPS) is 21.5. The van der Waals surface area contributed by atoms with Crippen molar-refractivity contribution in [2.24, 2.45) is 5.92 Å². The first kappa shape index (κ1) is 11.8. The van der Waals surface area contributed by atoms with Gasteiger partial charge in [0.25, 0.3) is 0 Å². The zero-order valence-corrected chi connectivity index (χ0v) is 7.51. The fourth-order valence-electron chi connectivity index (χ4n) is 0.914. The minimum atomic E-state index is -1.17. The Bertz CT molecular complexity index is 104. The Labute approximate surface area is 72.5 Å². The molecule has 0 radical (unpaired) electrons. The first-order valence-electron chi connectivity index (χ1n) is 4.19. The molecule has 0 unspecified atom stereocenters. The van der Waals surface area contributed by atoms with Gasteiger partial charge < -0.3 is 20.4 Å². The zero-order chi connectivity index (χ0) is 9.72. The SMILES string of the molecule is CC[C@@H](O)[C@@H](O)[C@H](O)[C@H](C)CO. The third-order valence-electron chi connectivity index (χ3n) is 2.03. The summed E-state index contributed by atoms with van der Waals surface area (Å²) in [6.45, 7) is 3.12. The van der Waals surface area contributed by atoms with Crippen LogP contribution >= 0.6 is 0 Å². The highest BCUT2D eigenvalue weighted by Gasteiger charge is 2.27. The number of rotatable bonds is 5. The molecule has 0 fully saturated rings. The van der Waals surface area contributed by atoms with Gasteiger partial charge in [-0.2, -0.15) is 0 Å². The van der Waals surface area contributed by atoms with E-state index in [0.29, 0.717) is 6.42 Å². The fourth-order valence-corrected chi connectivity index (χ4v) is 0.914. The summed E-state index contributed by atoms with van der Waals surface area (Å²) in [4.78, 5) is 0. The molecule has 0 aliphatic rings. The van der Waals surface area contributed by atoms with Crippen molar-refractivity contribution in [3.63, 3.8) is 0 Å². The molecule has 0 aromatic carbocycles. The molecule has 0 aliphatic carbocycles. The van der Waals surface area contributed by atoms with Gasteiger partial charge in [-0.15, -0.1) is 0 Å². The molecule has 0 spiro atoms. The van der Waals surface area contributed by atoms with Crippen LogP contribution < -0.4 is 0 Å². The Hall–Kier alpha value is -0.160. The molecule has 0 heterocycles. The molecule has 0 saturated carbocycles. The lowest BCUT2D eigenvalue weighted by molar-refractivity contribution is -0.0855. The molecule has 4 heteroatoms. The summed E-state index contributed by atoms with van der Waals surface area (Å²) in [5.74, 6) is -0.416. The first-order chi connectivity index (χ1) is 5.54. The van der Waals surface area contributed by atoms with Crippen molar-refractivity contribution in [1.82, 2.24) is 0 Å². The predicted molar refractivity (Wildman–Crippen MR) is 44.6 cm³/mol. The summed E-state index contributed by atoms with van der Waals surface area (Å²) in [7, 11) is 0. The average Bonchev–Trinajstić information content (AvgIpc) is 2.12. The van der Waals surface area contributed by atoms with Gasteiger partial charge in [-0.25, -0.2) is 0 Å². The van der Waals surface area contributed by atoms with E-state index in [0.717, 1.165) is 0 Å². The second kappa shape index (κ2) is 5.48. The predicted octanol–water partition coefficient (Wildman–Crippen LogP) is -0.893. The van der Waals surface area contributed by atoms with Crippen molar-refractivity contribution >= 4 is 0 Å². The molecule has 4 nitrogen and oxygen atoms in total. The molecule has 0 amide bonds. The Balaban J connectivity index is 3.99. The van der Waals surface area contributed by atoms with Crippen molar-refractivity contribution < 1.29 is 20.4 Å². The summed E-state index contributed by atoms with van der Waals surface area (Å²) in [5, 5.41) is 36.4. The largest absolute Gasteiger partial charge is 0.396 e. The van der Waals surface area contributed by atoms with Crippen LogP contribution in [-0.4, -0.2) is 45.3 Å². The number of hydrogen-bond acceptors (Lipinski definition) is 4. The first-order valence-corrected chi connectivity index (χ1v) is 4.19. The van der Waals surface area contributed by atoms with Crippen LogP contribution in [0, 0.1) is 5.92 Å². The van der Waals surface area contributed by atoms with Gasteiger partial charge in [0.05, 0.1) is 12.2 Å². The molecule has 0 saturated heterocycles. The lowest BCUT2D eigenvalue weighted by Gasteiger charge is -2.25. The number of hydrogen-bond donors (Lipinski definition) is 4. The van der Waals surface area contributed by atoms with E-state index in [1.54, 1.807) is 13.8 Å². The van der Waals surface area contributed by atoms with E-state index in [1.807, 2.05) is 0 Å². The van der Waals surface area contributed by atoms with Crippen LogP contribution in [-0.2, 0) is 0 Å². The molecule has 12 heavy (non-hydrogen) atoms. The maximum Gasteiger partial charge on any atom is 0.106 e. The molecule has 0 bridgehead atoms. The molecule has 0 aliphatic heterocycles. The summed E-state index contributed by atoms with van der Waals surface area (Å²) >= 11 is 0. The number of aliphatic hydroxyl groups excluding tert-OH is 4. The van der Waals surface area contributed by atoms with E-state index >= 15 is 0 Å². The lowest BCUT2D eigenvalue weighted by atomic mass is 9.96. The average molecular weight is 178 g/mol.